The second-order valence-electron chi connectivity index (χ2n) is 25.1. The second kappa shape index (κ2) is 31.5. The molecule has 0 amide bonds. The maximum Gasteiger partial charge on any atom is 0.261 e. The van der Waals surface area contributed by atoms with Crippen molar-refractivity contribution in [1.82, 2.24) is 0 Å². The maximum atomic E-state index is 11.8. The van der Waals surface area contributed by atoms with Gasteiger partial charge in [-0.05, 0) is 59.9 Å². The molecule has 12 rings (SSSR count). The van der Waals surface area contributed by atoms with E-state index in [1.54, 1.807) is 0 Å². The Hall–Kier alpha value is -8.02. The zero-order valence-electron chi connectivity index (χ0n) is 53.7. The molecule has 10 aromatic rings. The summed E-state index contributed by atoms with van der Waals surface area (Å²) in [5, 5.41) is 13.6. The molecule has 2 saturated heterocycles. The van der Waals surface area contributed by atoms with Gasteiger partial charge in [0.15, 0.2) is 6.29 Å². The van der Waals surface area contributed by atoms with E-state index < -0.39 is 80.4 Å². The van der Waals surface area contributed by atoms with E-state index in [0.717, 1.165) is 54.9 Å². The smallest absolute Gasteiger partial charge is 0.261 e. The number of aliphatic hydroxyl groups excluding tert-OH is 1. The molecule has 2 heterocycles. The van der Waals surface area contributed by atoms with E-state index in [0.29, 0.717) is 0 Å². The Balaban J connectivity index is 1.06. The standard InChI is InChI=1S/C82H84O11Si/c1-80(2,3)94(70-50-30-12-31-51-70,71-52-32-13-33-53-71)90-60-73-75(85-56-63-36-16-5-17-37-63)78(88-59-66-42-22-8-23-43-66)81(92-73,61-89-82(67-44-24-9-25-45-67,68-46-26-10-27-47-68)69-48-28-11-29-49-69)93-79-77(87-58-65-40-20-7-21-41-65)76(86-57-64-38-18-6-19-39-64)74(72(54-83)91-79)84-55-62-34-14-4-15-35-62/h4-53,72-79,83H,54-61H2,1-3H3/t72-,73-,74-,75-,76+,77-,78+,79-,81+/m1/s1. The normalized spacial score (nSPS) is 21.6. The number of rotatable bonds is 29. The van der Waals surface area contributed by atoms with Crippen molar-refractivity contribution in [3.63, 3.8) is 0 Å². The van der Waals surface area contributed by atoms with Crippen molar-refractivity contribution in [2.45, 2.75) is 119 Å². The molecule has 482 valence electrons. The Labute approximate surface area is 554 Å². The highest BCUT2D eigenvalue weighted by atomic mass is 28.4. The third-order valence-electron chi connectivity index (χ3n) is 17.9. The van der Waals surface area contributed by atoms with Gasteiger partial charge >= 0.3 is 0 Å². The number of benzene rings is 10. The van der Waals surface area contributed by atoms with Crippen LogP contribution >= 0.6 is 0 Å². The zero-order valence-corrected chi connectivity index (χ0v) is 54.7. The van der Waals surface area contributed by atoms with E-state index in [1.165, 1.54) is 0 Å². The number of aliphatic hydroxyl groups is 1. The van der Waals surface area contributed by atoms with E-state index in [4.69, 9.17) is 47.1 Å². The van der Waals surface area contributed by atoms with Crippen molar-refractivity contribution in [3.8, 4) is 0 Å². The summed E-state index contributed by atoms with van der Waals surface area (Å²) in [7, 11) is -3.30. The fraction of sp³-hybridized carbons (Fsp3) is 0.268. The molecule has 12 heteroatoms. The van der Waals surface area contributed by atoms with Crippen LogP contribution in [0.15, 0.2) is 303 Å². The van der Waals surface area contributed by atoms with Gasteiger partial charge in [-0.25, -0.2) is 0 Å². The average Bonchev–Trinajstić information content (AvgIpc) is 1.35. The van der Waals surface area contributed by atoms with E-state index >= 15 is 0 Å². The Morgan fingerprint density at radius 2 is 0.713 bits per heavy atom. The first kappa shape index (κ1) is 66.0. The maximum absolute atomic E-state index is 11.8. The van der Waals surface area contributed by atoms with E-state index in [1.807, 2.05) is 206 Å². The quantitative estimate of drug-likeness (QED) is 0.0357. The van der Waals surface area contributed by atoms with Crippen LogP contribution in [0.4, 0.5) is 0 Å². The van der Waals surface area contributed by atoms with Gasteiger partial charge in [0.25, 0.3) is 8.32 Å². The van der Waals surface area contributed by atoms with Gasteiger partial charge < -0.3 is 52.2 Å². The van der Waals surface area contributed by atoms with Gasteiger partial charge in [0.05, 0.1) is 46.2 Å². The minimum Gasteiger partial charge on any atom is -0.405 e. The van der Waals surface area contributed by atoms with Crippen molar-refractivity contribution >= 4 is 18.7 Å². The molecule has 1 N–H and O–H groups in total. The number of hydrogen-bond acceptors (Lipinski definition) is 11. The highest BCUT2D eigenvalue weighted by molar-refractivity contribution is 6.99. The molecule has 0 aliphatic carbocycles. The first-order valence-corrected chi connectivity index (χ1v) is 34.5. The molecule has 2 fully saturated rings. The van der Waals surface area contributed by atoms with Gasteiger partial charge in [0.1, 0.15) is 54.9 Å². The SMILES string of the molecule is CC(C)(C)[Si](OC[C@H]1O[C@@](COC(c2ccccc2)(c2ccccc2)c2ccccc2)(O[C@H]2O[C@H](CO)[C@@H](OCc3ccccc3)[C@H](OCc3ccccc3)[C@H]2OCc2ccccc2)[C@@H](OCc2ccccc2)[C@@H]1OCc1ccccc1)(c1ccccc1)c1ccccc1. The van der Waals surface area contributed by atoms with Crippen LogP contribution in [-0.4, -0.2) is 88.0 Å². The summed E-state index contributed by atoms with van der Waals surface area (Å²) < 4.78 is 75.9. The van der Waals surface area contributed by atoms with Crippen molar-refractivity contribution in [2.24, 2.45) is 0 Å². The molecular weight excluding hydrogens is 1190 g/mol. The molecule has 0 bridgehead atoms. The molecular formula is C82H84O11Si. The number of ether oxygens (including phenoxy) is 9. The van der Waals surface area contributed by atoms with Gasteiger partial charge in [0.2, 0.25) is 5.79 Å². The molecule has 0 aromatic heterocycles. The minimum absolute atomic E-state index is 0.0289. The molecule has 10 aromatic carbocycles. The fourth-order valence-electron chi connectivity index (χ4n) is 13.3. The molecule has 0 radical (unpaired) electrons. The Morgan fingerprint density at radius 1 is 0.383 bits per heavy atom. The third-order valence-corrected chi connectivity index (χ3v) is 22.9. The van der Waals surface area contributed by atoms with Gasteiger partial charge in [0, 0.05) is 0 Å². The Morgan fingerprint density at radius 3 is 1.09 bits per heavy atom. The topological polar surface area (TPSA) is 113 Å². The second-order valence-corrected chi connectivity index (χ2v) is 29.4. The molecule has 94 heavy (non-hydrogen) atoms. The van der Waals surface area contributed by atoms with Crippen LogP contribution < -0.4 is 10.4 Å². The predicted molar refractivity (Wildman–Crippen MR) is 368 cm³/mol. The lowest BCUT2D eigenvalue weighted by molar-refractivity contribution is -0.399. The minimum atomic E-state index is -3.30. The van der Waals surface area contributed by atoms with Crippen molar-refractivity contribution in [2.75, 3.05) is 19.8 Å². The van der Waals surface area contributed by atoms with E-state index in [2.05, 4.69) is 118 Å². The predicted octanol–water partition coefficient (Wildman–Crippen LogP) is 14.3. The molecule has 9 atom stereocenters. The summed E-state index contributed by atoms with van der Waals surface area (Å²) in [6.07, 6.45) is -8.23. The first-order chi connectivity index (χ1) is 46.2. The Bertz CT molecular complexity index is 3670. The monoisotopic (exact) mass is 1270 g/mol. The van der Waals surface area contributed by atoms with Gasteiger partial charge in [-0.15, -0.1) is 0 Å². The summed E-state index contributed by atoms with van der Waals surface area (Å²) in [5.41, 5.74) is 5.88. The number of hydrogen-bond donors (Lipinski definition) is 1. The fourth-order valence-corrected chi connectivity index (χ4v) is 17.9. The van der Waals surface area contributed by atoms with Crippen LogP contribution in [0.3, 0.4) is 0 Å². The van der Waals surface area contributed by atoms with Crippen LogP contribution in [0.2, 0.25) is 5.04 Å². The third kappa shape index (κ3) is 15.2. The van der Waals surface area contributed by atoms with Crippen molar-refractivity contribution in [3.05, 3.63) is 348 Å². The van der Waals surface area contributed by atoms with Crippen LogP contribution in [0, 0.1) is 0 Å². The van der Waals surface area contributed by atoms with Gasteiger partial charge in [-0.1, -0.05) is 324 Å². The first-order valence-electron chi connectivity index (χ1n) is 32.6. The lowest BCUT2D eigenvalue weighted by Crippen LogP contribution is -2.67. The van der Waals surface area contributed by atoms with Gasteiger partial charge in [-0.3, -0.25) is 0 Å². The summed E-state index contributed by atoms with van der Waals surface area (Å²) in [5.74, 6) is -1.99. The Kier molecular flexibility index (Phi) is 22.1. The van der Waals surface area contributed by atoms with Crippen LogP contribution in [0.1, 0.15) is 65.3 Å². The summed E-state index contributed by atoms with van der Waals surface area (Å²) in [4.78, 5) is 0. The molecule has 0 spiro atoms. The molecule has 0 saturated carbocycles. The van der Waals surface area contributed by atoms with Gasteiger partial charge in [-0.2, -0.15) is 0 Å². The zero-order chi connectivity index (χ0) is 64.5. The van der Waals surface area contributed by atoms with E-state index in [9.17, 15) is 5.11 Å². The molecule has 2 aliphatic heterocycles. The van der Waals surface area contributed by atoms with Crippen LogP contribution in [-0.2, 0) is 85.7 Å². The van der Waals surface area contributed by atoms with Crippen molar-refractivity contribution < 1.29 is 52.2 Å². The van der Waals surface area contributed by atoms with Crippen molar-refractivity contribution in [1.29, 1.82) is 0 Å². The summed E-state index contributed by atoms with van der Waals surface area (Å²) in [6, 6.07) is 102. The van der Waals surface area contributed by atoms with E-state index in [-0.39, 0.29) is 46.2 Å². The van der Waals surface area contributed by atoms with Crippen LogP contribution in [0.5, 0.6) is 0 Å². The molecule has 2 aliphatic rings. The summed E-state index contributed by atoms with van der Waals surface area (Å²) in [6.45, 7) is 6.85. The highest BCUT2D eigenvalue weighted by Gasteiger charge is 2.64. The molecule has 0 unspecified atom stereocenters. The van der Waals surface area contributed by atoms with Crippen LogP contribution in [0.25, 0.3) is 0 Å². The molecule has 11 nitrogen and oxygen atoms in total. The lowest BCUT2D eigenvalue weighted by atomic mass is 9.80. The average molecular weight is 1270 g/mol. The summed E-state index contributed by atoms with van der Waals surface area (Å²) >= 11 is 0. The largest absolute Gasteiger partial charge is 0.405 e. The highest BCUT2D eigenvalue weighted by Crippen LogP contribution is 2.48. The lowest BCUT2D eigenvalue weighted by Gasteiger charge is -2.48.